The van der Waals surface area contributed by atoms with Crippen LogP contribution in [0.15, 0.2) is 0 Å². The highest BCUT2D eigenvalue weighted by Crippen LogP contribution is 2.14. The van der Waals surface area contributed by atoms with Crippen LogP contribution in [0, 0.1) is 0 Å². The predicted molar refractivity (Wildman–Crippen MR) is 77.2 cm³/mol. The highest BCUT2D eigenvalue weighted by Gasteiger charge is 2.15. The highest BCUT2D eigenvalue weighted by atomic mass is 16.2. The summed E-state index contributed by atoms with van der Waals surface area (Å²) in [5.74, 6) is 2.00. The molecule has 0 radical (unpaired) electrons. The van der Waals surface area contributed by atoms with Gasteiger partial charge in [-0.2, -0.15) is 0 Å². The molecule has 3 N–H and O–H groups in total. The lowest BCUT2D eigenvalue weighted by Crippen LogP contribution is -2.41. The maximum Gasteiger partial charge on any atom is 0.236 e. The van der Waals surface area contributed by atoms with E-state index >= 15 is 0 Å². The largest absolute Gasteiger partial charge is 0.354 e. The van der Waals surface area contributed by atoms with E-state index in [9.17, 15) is 4.79 Å². The van der Waals surface area contributed by atoms with E-state index < -0.39 is 6.04 Å². The minimum Gasteiger partial charge on any atom is -0.354 e. The van der Waals surface area contributed by atoms with Gasteiger partial charge in [0, 0.05) is 25.9 Å². The van der Waals surface area contributed by atoms with E-state index in [4.69, 9.17) is 5.73 Å². The zero-order chi connectivity index (χ0) is 14.4. The second-order valence-electron chi connectivity index (χ2n) is 5.43. The van der Waals surface area contributed by atoms with Crippen LogP contribution in [0.5, 0.6) is 0 Å². The van der Waals surface area contributed by atoms with Crippen molar-refractivity contribution in [3.8, 4) is 0 Å². The fourth-order valence-electron chi connectivity index (χ4n) is 2.60. The summed E-state index contributed by atoms with van der Waals surface area (Å²) < 4.78 is 2.21. The molecule has 20 heavy (non-hydrogen) atoms. The van der Waals surface area contributed by atoms with Crippen LogP contribution in [0.4, 0.5) is 0 Å². The van der Waals surface area contributed by atoms with Gasteiger partial charge >= 0.3 is 0 Å². The number of nitrogens with one attached hydrogen (secondary N) is 1. The number of aromatic nitrogens is 3. The molecule has 0 bridgehead atoms. The number of rotatable bonds is 6. The van der Waals surface area contributed by atoms with E-state index in [1.165, 1.54) is 19.3 Å². The van der Waals surface area contributed by atoms with Crippen molar-refractivity contribution in [2.24, 2.45) is 5.73 Å². The summed E-state index contributed by atoms with van der Waals surface area (Å²) in [4.78, 5) is 11.7. The van der Waals surface area contributed by atoms with Crippen LogP contribution in [0.3, 0.4) is 0 Å². The SMILES string of the molecule is CCCC(N)C(=O)NCCc1nnc2n1CCCCC2. The van der Waals surface area contributed by atoms with Crippen LogP contribution >= 0.6 is 0 Å². The molecule has 6 heteroatoms. The van der Waals surface area contributed by atoms with Gasteiger partial charge in [0.15, 0.2) is 0 Å². The smallest absolute Gasteiger partial charge is 0.236 e. The molecule has 1 aromatic rings. The molecule has 0 aliphatic carbocycles. The van der Waals surface area contributed by atoms with E-state index in [0.717, 1.165) is 43.9 Å². The molecule has 112 valence electrons. The lowest BCUT2D eigenvalue weighted by atomic mass is 10.1. The molecule has 1 atom stereocenters. The number of nitrogens with two attached hydrogens (primary N) is 1. The molecule has 1 amide bonds. The number of hydrogen-bond acceptors (Lipinski definition) is 4. The van der Waals surface area contributed by atoms with Crippen molar-refractivity contribution < 1.29 is 4.79 Å². The van der Waals surface area contributed by atoms with Gasteiger partial charge in [0.05, 0.1) is 6.04 Å². The standard InChI is InChI=1S/C14H25N5O/c1-2-6-11(15)14(20)16-9-8-13-18-17-12-7-4-3-5-10-19(12)13/h11H,2-10,15H2,1H3,(H,16,20). The Hall–Kier alpha value is -1.43. The molecule has 0 saturated carbocycles. The van der Waals surface area contributed by atoms with Gasteiger partial charge in [-0.15, -0.1) is 10.2 Å². The summed E-state index contributed by atoms with van der Waals surface area (Å²) in [5.41, 5.74) is 5.77. The quantitative estimate of drug-likeness (QED) is 0.806. The zero-order valence-electron chi connectivity index (χ0n) is 12.3. The molecular formula is C14H25N5O. The van der Waals surface area contributed by atoms with E-state index in [2.05, 4.69) is 20.1 Å². The second-order valence-corrected chi connectivity index (χ2v) is 5.43. The molecule has 1 aliphatic heterocycles. The predicted octanol–water partition coefficient (Wildman–Crippen LogP) is 0.791. The summed E-state index contributed by atoms with van der Waals surface area (Å²) in [6.45, 7) is 3.61. The first kappa shape index (κ1) is 15.0. The Kier molecular flexibility index (Phi) is 5.52. The topological polar surface area (TPSA) is 85.8 Å². The first-order valence-corrected chi connectivity index (χ1v) is 7.66. The highest BCUT2D eigenvalue weighted by molar-refractivity contribution is 5.81. The average molecular weight is 279 g/mol. The van der Waals surface area contributed by atoms with Crippen LogP contribution in [-0.2, 0) is 24.2 Å². The summed E-state index contributed by atoms with van der Waals surface area (Å²) in [5, 5.41) is 11.4. The summed E-state index contributed by atoms with van der Waals surface area (Å²) in [6, 6.07) is -0.393. The van der Waals surface area contributed by atoms with Crippen molar-refractivity contribution in [2.75, 3.05) is 6.54 Å². The van der Waals surface area contributed by atoms with Gasteiger partial charge in [-0.3, -0.25) is 4.79 Å². The van der Waals surface area contributed by atoms with Crippen LogP contribution in [0.2, 0.25) is 0 Å². The van der Waals surface area contributed by atoms with Gasteiger partial charge in [-0.25, -0.2) is 0 Å². The van der Waals surface area contributed by atoms with Crippen LogP contribution < -0.4 is 11.1 Å². The van der Waals surface area contributed by atoms with E-state index in [0.29, 0.717) is 6.54 Å². The third-order valence-electron chi connectivity index (χ3n) is 3.77. The molecule has 2 rings (SSSR count). The number of carbonyl (C=O) groups is 1. The molecule has 1 aliphatic rings. The van der Waals surface area contributed by atoms with Gasteiger partial charge in [0.2, 0.25) is 5.91 Å². The van der Waals surface area contributed by atoms with E-state index in [-0.39, 0.29) is 5.91 Å². The lowest BCUT2D eigenvalue weighted by Gasteiger charge is -2.11. The summed E-state index contributed by atoms with van der Waals surface area (Å²) >= 11 is 0. The first-order chi connectivity index (χ1) is 9.72. The van der Waals surface area contributed by atoms with Crippen molar-refractivity contribution >= 4 is 5.91 Å². The van der Waals surface area contributed by atoms with Gasteiger partial charge < -0.3 is 15.6 Å². The molecule has 1 unspecified atom stereocenters. The molecule has 1 aromatic heterocycles. The fourth-order valence-corrected chi connectivity index (χ4v) is 2.60. The zero-order valence-corrected chi connectivity index (χ0v) is 12.3. The molecule has 0 aromatic carbocycles. The van der Waals surface area contributed by atoms with Crippen molar-refractivity contribution in [3.63, 3.8) is 0 Å². The molecule has 0 spiro atoms. The van der Waals surface area contributed by atoms with Gasteiger partial charge in [-0.1, -0.05) is 19.8 Å². The fraction of sp³-hybridized carbons (Fsp3) is 0.786. The lowest BCUT2D eigenvalue weighted by molar-refractivity contribution is -0.122. The third kappa shape index (κ3) is 3.79. The van der Waals surface area contributed by atoms with E-state index in [1.807, 2.05) is 6.92 Å². The number of aryl methyl sites for hydroxylation is 1. The summed E-state index contributed by atoms with van der Waals surface area (Å²) in [6.07, 6.45) is 7.02. The van der Waals surface area contributed by atoms with Crippen LogP contribution in [0.1, 0.15) is 50.7 Å². The van der Waals surface area contributed by atoms with Gasteiger partial charge in [-0.05, 0) is 19.3 Å². The molecule has 0 fully saturated rings. The first-order valence-electron chi connectivity index (χ1n) is 7.66. The Morgan fingerprint density at radius 1 is 1.40 bits per heavy atom. The number of nitrogens with zero attached hydrogens (tertiary/aromatic N) is 3. The monoisotopic (exact) mass is 279 g/mol. The summed E-state index contributed by atoms with van der Waals surface area (Å²) in [7, 11) is 0. The Morgan fingerprint density at radius 3 is 3.05 bits per heavy atom. The molecular weight excluding hydrogens is 254 g/mol. The number of carbonyl (C=O) groups excluding carboxylic acids is 1. The normalized spacial score (nSPS) is 16.3. The molecule has 0 saturated heterocycles. The van der Waals surface area contributed by atoms with Gasteiger partial charge in [0.1, 0.15) is 11.6 Å². The van der Waals surface area contributed by atoms with E-state index in [1.54, 1.807) is 0 Å². The van der Waals surface area contributed by atoms with Crippen molar-refractivity contribution in [2.45, 2.75) is 64.5 Å². The second kappa shape index (κ2) is 7.38. The maximum absolute atomic E-state index is 11.7. The van der Waals surface area contributed by atoms with Crippen LogP contribution in [-0.4, -0.2) is 33.3 Å². The maximum atomic E-state index is 11.7. The Morgan fingerprint density at radius 2 is 2.25 bits per heavy atom. The van der Waals surface area contributed by atoms with Gasteiger partial charge in [0.25, 0.3) is 0 Å². The third-order valence-corrected chi connectivity index (χ3v) is 3.77. The Bertz CT molecular complexity index is 443. The number of amides is 1. The van der Waals surface area contributed by atoms with Crippen molar-refractivity contribution in [3.05, 3.63) is 11.6 Å². The van der Waals surface area contributed by atoms with Crippen LogP contribution in [0.25, 0.3) is 0 Å². The number of hydrogen-bond donors (Lipinski definition) is 2. The molecule has 2 heterocycles. The Labute approximate surface area is 120 Å². The Balaban J connectivity index is 1.83. The van der Waals surface area contributed by atoms with Crippen molar-refractivity contribution in [1.29, 1.82) is 0 Å². The average Bonchev–Trinajstić information content (AvgIpc) is 2.68. The van der Waals surface area contributed by atoms with Crippen molar-refractivity contribution in [1.82, 2.24) is 20.1 Å². The molecule has 6 nitrogen and oxygen atoms in total. The minimum absolute atomic E-state index is 0.0672. The minimum atomic E-state index is -0.393. The number of fused-ring (bicyclic) bond motifs is 1.